The first-order valence-corrected chi connectivity index (χ1v) is 9.12. The molecule has 7 nitrogen and oxygen atoms in total. The molecule has 0 saturated carbocycles. The lowest BCUT2D eigenvalue weighted by atomic mass is 10.1. The van der Waals surface area contributed by atoms with Crippen molar-refractivity contribution in [2.75, 3.05) is 23.7 Å². The summed E-state index contributed by atoms with van der Waals surface area (Å²) in [4.78, 5) is 9.66. The Morgan fingerprint density at radius 3 is 2.85 bits per heavy atom. The zero-order chi connectivity index (χ0) is 17.8. The van der Waals surface area contributed by atoms with Crippen molar-refractivity contribution >= 4 is 30.1 Å². The van der Waals surface area contributed by atoms with Crippen LogP contribution in [-0.4, -0.2) is 38.9 Å². The minimum Gasteiger partial charge on any atom is -0.366 e. The summed E-state index contributed by atoms with van der Waals surface area (Å²) in [6.07, 6.45) is 5.82. The maximum absolute atomic E-state index is 4.49. The van der Waals surface area contributed by atoms with Crippen LogP contribution in [0.5, 0.6) is 0 Å². The minimum absolute atomic E-state index is 0.411. The van der Waals surface area contributed by atoms with Gasteiger partial charge in [0.1, 0.15) is 12.1 Å². The first-order valence-electron chi connectivity index (χ1n) is 8.68. The second-order valence-electron chi connectivity index (χ2n) is 6.27. The van der Waals surface area contributed by atoms with Crippen molar-refractivity contribution < 1.29 is 0 Å². The number of aromatic nitrogens is 4. The number of rotatable bonds is 5. The molecule has 0 aliphatic carbocycles. The average molecular weight is 367 g/mol. The summed E-state index contributed by atoms with van der Waals surface area (Å²) in [5.74, 6) is 1.39. The number of pyridine rings is 1. The van der Waals surface area contributed by atoms with Gasteiger partial charge in [-0.25, -0.2) is 9.67 Å². The van der Waals surface area contributed by atoms with Gasteiger partial charge in [0.2, 0.25) is 5.95 Å². The summed E-state index contributed by atoms with van der Waals surface area (Å²) in [5, 5.41) is 14.6. The number of piperidine rings is 1. The number of benzene rings is 1. The third kappa shape index (κ3) is 4.14. The first-order chi connectivity index (χ1) is 12.8. The Bertz CT molecular complexity index is 856. The monoisotopic (exact) mass is 367 g/mol. The molecule has 3 aromatic rings. The Balaban J connectivity index is 1.46. The van der Waals surface area contributed by atoms with Crippen LogP contribution in [0.3, 0.4) is 0 Å². The molecule has 8 heteroatoms. The normalized spacial score (nSPS) is 17.0. The van der Waals surface area contributed by atoms with Gasteiger partial charge in [-0.2, -0.15) is 4.98 Å². The van der Waals surface area contributed by atoms with E-state index < -0.39 is 0 Å². The van der Waals surface area contributed by atoms with Gasteiger partial charge < -0.3 is 16.0 Å². The van der Waals surface area contributed by atoms with E-state index in [2.05, 4.69) is 43.6 Å². The molecule has 1 atom stereocenters. The lowest BCUT2D eigenvalue weighted by molar-refractivity contribution is 0.479. The third-order valence-corrected chi connectivity index (χ3v) is 4.57. The molecule has 26 heavy (non-hydrogen) atoms. The van der Waals surface area contributed by atoms with Crippen LogP contribution in [0.4, 0.5) is 17.5 Å². The highest BCUT2D eigenvalue weighted by atomic mass is 32.1. The topological polar surface area (TPSA) is 79.7 Å². The van der Waals surface area contributed by atoms with E-state index in [0.29, 0.717) is 12.0 Å². The molecule has 2 aromatic heterocycles. The van der Waals surface area contributed by atoms with Gasteiger partial charge >= 0.3 is 0 Å². The van der Waals surface area contributed by atoms with Crippen LogP contribution in [0.25, 0.3) is 5.69 Å². The number of anilines is 3. The summed E-state index contributed by atoms with van der Waals surface area (Å²) < 4.78 is 1.74. The predicted octanol–water partition coefficient (Wildman–Crippen LogP) is 2.86. The lowest BCUT2D eigenvalue weighted by Crippen LogP contribution is -2.38. The van der Waals surface area contributed by atoms with Crippen molar-refractivity contribution in [2.45, 2.75) is 23.8 Å². The summed E-state index contributed by atoms with van der Waals surface area (Å²) in [5.41, 5.74) is 1.83. The molecule has 0 radical (unpaired) electrons. The maximum Gasteiger partial charge on any atom is 0.246 e. The average Bonchev–Trinajstić information content (AvgIpc) is 3.13. The summed E-state index contributed by atoms with van der Waals surface area (Å²) in [7, 11) is 0. The van der Waals surface area contributed by atoms with E-state index in [-0.39, 0.29) is 0 Å². The molecule has 0 spiro atoms. The quantitative estimate of drug-likeness (QED) is 0.520. The zero-order valence-corrected chi connectivity index (χ0v) is 15.2. The van der Waals surface area contributed by atoms with Crippen LogP contribution in [0, 0.1) is 0 Å². The van der Waals surface area contributed by atoms with Gasteiger partial charge in [-0.15, -0.1) is 17.7 Å². The first kappa shape index (κ1) is 16.9. The van der Waals surface area contributed by atoms with Crippen LogP contribution < -0.4 is 16.0 Å². The molecule has 1 saturated heterocycles. The van der Waals surface area contributed by atoms with Crippen molar-refractivity contribution in [3.8, 4) is 5.69 Å². The number of hydrogen-bond donors (Lipinski definition) is 4. The predicted molar refractivity (Wildman–Crippen MR) is 106 cm³/mol. The van der Waals surface area contributed by atoms with E-state index in [9.17, 15) is 0 Å². The number of hydrogen-bond acceptors (Lipinski definition) is 7. The van der Waals surface area contributed by atoms with Gasteiger partial charge in [0.15, 0.2) is 0 Å². The Hall–Kier alpha value is -2.58. The van der Waals surface area contributed by atoms with Gasteiger partial charge in [-0.05, 0) is 49.7 Å². The Labute approximate surface area is 157 Å². The van der Waals surface area contributed by atoms with Crippen LogP contribution in [-0.2, 0) is 0 Å². The van der Waals surface area contributed by atoms with Gasteiger partial charge in [-0.3, -0.25) is 0 Å². The van der Waals surface area contributed by atoms with Crippen molar-refractivity contribution in [3.05, 3.63) is 48.9 Å². The summed E-state index contributed by atoms with van der Waals surface area (Å²) in [6, 6.07) is 12.0. The minimum atomic E-state index is 0.411. The van der Waals surface area contributed by atoms with E-state index >= 15 is 0 Å². The molecule has 1 aliphatic heterocycles. The maximum atomic E-state index is 4.49. The van der Waals surface area contributed by atoms with E-state index in [4.69, 9.17) is 0 Å². The molecule has 1 aliphatic rings. The second-order valence-corrected chi connectivity index (χ2v) is 6.79. The molecule has 3 N–H and O–H groups in total. The lowest BCUT2D eigenvalue weighted by Gasteiger charge is -2.24. The van der Waals surface area contributed by atoms with Crippen LogP contribution in [0.1, 0.15) is 12.8 Å². The third-order valence-electron chi connectivity index (χ3n) is 4.27. The fourth-order valence-electron chi connectivity index (χ4n) is 2.94. The Kier molecular flexibility index (Phi) is 5.03. The highest BCUT2D eigenvalue weighted by molar-refractivity contribution is 7.80. The largest absolute Gasteiger partial charge is 0.366 e. The van der Waals surface area contributed by atoms with Gasteiger partial charge in [0, 0.05) is 35.4 Å². The highest BCUT2D eigenvalue weighted by Crippen LogP contribution is 2.18. The van der Waals surface area contributed by atoms with Crippen molar-refractivity contribution in [3.63, 3.8) is 0 Å². The molecule has 3 heterocycles. The molecular weight excluding hydrogens is 346 g/mol. The van der Waals surface area contributed by atoms with Crippen molar-refractivity contribution in [2.24, 2.45) is 0 Å². The van der Waals surface area contributed by atoms with E-state index in [1.54, 1.807) is 17.2 Å². The van der Waals surface area contributed by atoms with Crippen molar-refractivity contribution in [1.29, 1.82) is 0 Å². The fourth-order valence-corrected chi connectivity index (χ4v) is 3.09. The molecular formula is C18H21N7S. The molecule has 1 fully saturated rings. The molecule has 1 aromatic carbocycles. The van der Waals surface area contributed by atoms with Crippen molar-refractivity contribution in [1.82, 2.24) is 25.1 Å². The SMILES string of the molecule is Sc1ccc(Nc2ncn(-c3ccnc(N[C@H]4CCCNC4)c3)n2)cc1. The number of thiol groups is 1. The highest BCUT2D eigenvalue weighted by Gasteiger charge is 2.13. The van der Waals surface area contributed by atoms with E-state index in [1.807, 2.05) is 36.4 Å². The second kappa shape index (κ2) is 7.76. The molecule has 0 unspecified atom stereocenters. The van der Waals surface area contributed by atoms with Crippen LogP contribution in [0.2, 0.25) is 0 Å². The number of nitrogens with one attached hydrogen (secondary N) is 3. The molecule has 4 rings (SSSR count). The van der Waals surface area contributed by atoms with E-state index in [1.165, 1.54) is 6.42 Å². The Morgan fingerprint density at radius 1 is 1.15 bits per heavy atom. The molecule has 0 bridgehead atoms. The molecule has 0 amide bonds. The van der Waals surface area contributed by atoms with Crippen LogP contribution in [0.15, 0.2) is 53.8 Å². The zero-order valence-electron chi connectivity index (χ0n) is 14.3. The van der Waals surface area contributed by atoms with Gasteiger partial charge in [0.25, 0.3) is 0 Å². The fraction of sp³-hybridized carbons (Fsp3) is 0.278. The Morgan fingerprint density at radius 2 is 2.04 bits per heavy atom. The summed E-state index contributed by atoms with van der Waals surface area (Å²) >= 11 is 4.29. The number of nitrogens with zero attached hydrogens (tertiary/aromatic N) is 4. The smallest absolute Gasteiger partial charge is 0.246 e. The standard InChI is InChI=1S/C18H21N7S/c26-16-5-3-13(4-6-16)23-18-21-12-25(24-18)15-7-9-20-17(10-15)22-14-2-1-8-19-11-14/h3-7,9-10,12,14,19,26H,1-2,8,11H2,(H,20,22)(H,23,24)/t14-/m0/s1. The van der Waals surface area contributed by atoms with Crippen LogP contribution >= 0.6 is 12.6 Å². The molecule has 134 valence electrons. The van der Waals surface area contributed by atoms with Gasteiger partial charge in [0.05, 0.1) is 5.69 Å². The van der Waals surface area contributed by atoms with Gasteiger partial charge in [-0.1, -0.05) is 0 Å². The van der Waals surface area contributed by atoms with E-state index in [0.717, 1.165) is 41.6 Å². The summed E-state index contributed by atoms with van der Waals surface area (Å²) in [6.45, 7) is 2.06.